The smallest absolute Gasteiger partial charge is 0.329 e. The van der Waals surface area contributed by atoms with Crippen LogP contribution in [-0.4, -0.2) is 35.1 Å². The fraction of sp³-hybridized carbons (Fsp3) is 0.833. The first-order valence-corrected chi connectivity index (χ1v) is 6.24. The van der Waals surface area contributed by atoms with Crippen LogP contribution < -0.4 is 10.6 Å². The van der Waals surface area contributed by atoms with Crippen molar-refractivity contribution in [2.75, 3.05) is 6.54 Å². The highest BCUT2D eigenvalue weighted by molar-refractivity contribution is 5.87. The maximum Gasteiger partial charge on any atom is 0.329 e. The van der Waals surface area contributed by atoms with Crippen LogP contribution >= 0.6 is 0 Å². The van der Waals surface area contributed by atoms with Crippen molar-refractivity contribution in [1.82, 2.24) is 10.6 Å². The molecule has 0 aromatic carbocycles. The molecule has 1 amide bonds. The third kappa shape index (κ3) is 4.00. The summed E-state index contributed by atoms with van der Waals surface area (Å²) < 4.78 is 0. The van der Waals surface area contributed by atoms with Gasteiger partial charge in [-0.25, -0.2) is 4.79 Å². The normalized spacial score (nSPS) is 17.6. The molecule has 1 rings (SSSR count). The molecule has 0 aromatic heterocycles. The zero-order chi connectivity index (χ0) is 12.9. The molecule has 1 fully saturated rings. The Hall–Kier alpha value is -1.10. The average Bonchev–Trinajstić information content (AvgIpc) is 2.17. The zero-order valence-corrected chi connectivity index (χ0v) is 10.6. The predicted octanol–water partition coefficient (Wildman–Crippen LogP) is 0.888. The molecule has 0 aliphatic heterocycles. The van der Waals surface area contributed by atoms with E-state index >= 15 is 0 Å². The van der Waals surface area contributed by atoms with Gasteiger partial charge in [0, 0.05) is 12.5 Å². The monoisotopic (exact) mass is 242 g/mol. The van der Waals surface area contributed by atoms with Crippen molar-refractivity contribution < 1.29 is 14.7 Å². The SMILES string of the molecule is CC(C)NCCCC(=O)NC1(C(=O)O)CCC1. The maximum atomic E-state index is 11.6. The van der Waals surface area contributed by atoms with Gasteiger partial charge in [0.25, 0.3) is 0 Å². The fourth-order valence-electron chi connectivity index (χ4n) is 1.89. The Labute approximate surface area is 102 Å². The first-order chi connectivity index (χ1) is 7.96. The molecule has 98 valence electrons. The van der Waals surface area contributed by atoms with E-state index < -0.39 is 11.5 Å². The lowest BCUT2D eigenvalue weighted by Gasteiger charge is -2.38. The number of carbonyl (C=O) groups excluding carboxylic acids is 1. The Balaban J connectivity index is 2.22. The summed E-state index contributed by atoms with van der Waals surface area (Å²) in [5, 5.41) is 14.9. The molecule has 0 bridgehead atoms. The zero-order valence-electron chi connectivity index (χ0n) is 10.6. The molecule has 0 aromatic rings. The van der Waals surface area contributed by atoms with Crippen molar-refractivity contribution in [2.24, 2.45) is 0 Å². The van der Waals surface area contributed by atoms with Gasteiger partial charge in [-0.3, -0.25) is 4.79 Å². The summed E-state index contributed by atoms with van der Waals surface area (Å²) >= 11 is 0. The van der Waals surface area contributed by atoms with Gasteiger partial charge in [0.15, 0.2) is 0 Å². The van der Waals surface area contributed by atoms with Gasteiger partial charge in [0.05, 0.1) is 0 Å². The minimum absolute atomic E-state index is 0.155. The Kier molecular flexibility index (Phi) is 4.93. The van der Waals surface area contributed by atoms with E-state index in [0.717, 1.165) is 19.4 Å². The molecule has 3 N–H and O–H groups in total. The Bertz CT molecular complexity index is 285. The van der Waals surface area contributed by atoms with E-state index in [0.29, 0.717) is 25.3 Å². The van der Waals surface area contributed by atoms with Crippen LogP contribution in [0.25, 0.3) is 0 Å². The molecule has 1 saturated carbocycles. The van der Waals surface area contributed by atoms with Crippen molar-refractivity contribution >= 4 is 11.9 Å². The van der Waals surface area contributed by atoms with Crippen molar-refractivity contribution in [3.8, 4) is 0 Å². The second-order valence-corrected chi connectivity index (χ2v) is 5.00. The van der Waals surface area contributed by atoms with Crippen molar-refractivity contribution in [1.29, 1.82) is 0 Å². The van der Waals surface area contributed by atoms with Crippen molar-refractivity contribution in [3.05, 3.63) is 0 Å². The molecule has 17 heavy (non-hydrogen) atoms. The van der Waals surface area contributed by atoms with Gasteiger partial charge < -0.3 is 15.7 Å². The number of rotatable bonds is 7. The second-order valence-electron chi connectivity index (χ2n) is 5.00. The van der Waals surface area contributed by atoms with E-state index in [4.69, 9.17) is 5.11 Å². The largest absolute Gasteiger partial charge is 0.480 e. The van der Waals surface area contributed by atoms with Gasteiger partial charge in [-0.1, -0.05) is 13.8 Å². The van der Waals surface area contributed by atoms with Crippen LogP contribution in [0.4, 0.5) is 0 Å². The van der Waals surface area contributed by atoms with Gasteiger partial charge >= 0.3 is 5.97 Å². The standard InChI is InChI=1S/C12H22N2O3/c1-9(2)13-8-3-5-10(15)14-12(11(16)17)6-4-7-12/h9,13H,3-8H2,1-2H3,(H,14,15)(H,16,17). The van der Waals surface area contributed by atoms with Crippen molar-refractivity contribution in [3.63, 3.8) is 0 Å². The highest BCUT2D eigenvalue weighted by Crippen LogP contribution is 2.32. The van der Waals surface area contributed by atoms with Crippen LogP contribution in [0, 0.1) is 0 Å². The number of carbonyl (C=O) groups is 2. The maximum absolute atomic E-state index is 11.6. The first-order valence-electron chi connectivity index (χ1n) is 6.24. The number of hydrogen-bond donors (Lipinski definition) is 3. The third-order valence-corrected chi connectivity index (χ3v) is 3.13. The molecule has 5 nitrogen and oxygen atoms in total. The number of amides is 1. The van der Waals surface area contributed by atoms with Gasteiger partial charge in [0.1, 0.15) is 5.54 Å². The van der Waals surface area contributed by atoms with Gasteiger partial charge in [-0.2, -0.15) is 0 Å². The second kappa shape index (κ2) is 6.00. The van der Waals surface area contributed by atoms with Gasteiger partial charge in [-0.05, 0) is 32.2 Å². The van der Waals surface area contributed by atoms with Crippen LogP contribution in [0.1, 0.15) is 46.0 Å². The molecule has 1 aliphatic carbocycles. The minimum Gasteiger partial charge on any atom is -0.480 e. The Morgan fingerprint density at radius 1 is 1.35 bits per heavy atom. The lowest BCUT2D eigenvalue weighted by molar-refractivity contribution is -0.151. The van der Waals surface area contributed by atoms with Crippen LogP contribution in [0.15, 0.2) is 0 Å². The number of carboxylic acid groups (broad SMARTS) is 1. The molecule has 0 radical (unpaired) electrons. The number of aliphatic carboxylic acids is 1. The number of hydrogen-bond acceptors (Lipinski definition) is 3. The number of nitrogens with one attached hydrogen (secondary N) is 2. The Morgan fingerprint density at radius 3 is 2.41 bits per heavy atom. The van der Waals surface area contributed by atoms with Crippen LogP contribution in [0.2, 0.25) is 0 Å². The molecule has 0 heterocycles. The molecule has 5 heteroatoms. The lowest BCUT2D eigenvalue weighted by Crippen LogP contribution is -2.59. The lowest BCUT2D eigenvalue weighted by atomic mass is 9.76. The topological polar surface area (TPSA) is 78.4 Å². The molecule has 0 saturated heterocycles. The first kappa shape index (κ1) is 14.0. The van der Waals surface area contributed by atoms with E-state index in [1.165, 1.54) is 0 Å². The van der Waals surface area contributed by atoms with Gasteiger partial charge in [0.2, 0.25) is 5.91 Å². The summed E-state index contributed by atoms with van der Waals surface area (Å²) in [7, 11) is 0. The number of carboxylic acids is 1. The molecule has 0 unspecified atom stereocenters. The highest BCUT2D eigenvalue weighted by atomic mass is 16.4. The third-order valence-electron chi connectivity index (χ3n) is 3.13. The van der Waals surface area contributed by atoms with E-state index in [1.54, 1.807) is 0 Å². The minimum atomic E-state index is -0.970. The van der Waals surface area contributed by atoms with E-state index in [2.05, 4.69) is 10.6 Å². The van der Waals surface area contributed by atoms with Crippen LogP contribution in [-0.2, 0) is 9.59 Å². The fourth-order valence-corrected chi connectivity index (χ4v) is 1.89. The molecular formula is C12H22N2O3. The Morgan fingerprint density at radius 2 is 2.00 bits per heavy atom. The van der Waals surface area contributed by atoms with E-state index in [1.807, 2.05) is 13.8 Å². The summed E-state index contributed by atoms with van der Waals surface area (Å²) in [4.78, 5) is 22.6. The van der Waals surface area contributed by atoms with E-state index in [9.17, 15) is 9.59 Å². The summed E-state index contributed by atoms with van der Waals surface area (Å²) in [6.45, 7) is 4.88. The summed E-state index contributed by atoms with van der Waals surface area (Å²) in [6.07, 6.45) is 3.10. The van der Waals surface area contributed by atoms with Crippen molar-refractivity contribution in [2.45, 2.75) is 57.5 Å². The summed E-state index contributed by atoms with van der Waals surface area (Å²) in [6, 6.07) is 0.412. The van der Waals surface area contributed by atoms with Crippen LogP contribution in [0.3, 0.4) is 0 Å². The molecular weight excluding hydrogens is 220 g/mol. The average molecular weight is 242 g/mol. The quantitative estimate of drug-likeness (QED) is 0.579. The van der Waals surface area contributed by atoms with Gasteiger partial charge in [-0.15, -0.1) is 0 Å². The predicted molar refractivity (Wildman–Crippen MR) is 64.7 cm³/mol. The highest BCUT2D eigenvalue weighted by Gasteiger charge is 2.45. The molecule has 1 aliphatic rings. The van der Waals surface area contributed by atoms with E-state index in [-0.39, 0.29) is 5.91 Å². The summed E-state index contributed by atoms with van der Waals surface area (Å²) in [5.41, 5.74) is -0.970. The molecule has 0 spiro atoms. The summed E-state index contributed by atoms with van der Waals surface area (Å²) in [5.74, 6) is -1.06. The molecule has 0 atom stereocenters. The van der Waals surface area contributed by atoms with Crippen LogP contribution in [0.5, 0.6) is 0 Å².